The molecule has 1 fully saturated rings. The van der Waals surface area contributed by atoms with Crippen LogP contribution in [0.15, 0.2) is 0 Å². The highest BCUT2D eigenvalue weighted by Gasteiger charge is 2.46. The second-order valence-electron chi connectivity index (χ2n) is 4.65. The van der Waals surface area contributed by atoms with Gasteiger partial charge in [0.1, 0.15) is 0 Å². The summed E-state index contributed by atoms with van der Waals surface area (Å²) >= 11 is 0. The van der Waals surface area contributed by atoms with E-state index in [0.717, 1.165) is 0 Å². The molecule has 3 nitrogen and oxygen atoms in total. The molecule has 0 aliphatic carbocycles. The Hall–Kier alpha value is -0.570. The van der Waals surface area contributed by atoms with Crippen LogP contribution in [0.25, 0.3) is 0 Å². The molecule has 1 heterocycles. The SMILES string of the molecule is CC(C)N1C(=O)CC(CN)C1(C)C. The van der Waals surface area contributed by atoms with Crippen molar-refractivity contribution in [3.8, 4) is 0 Å². The van der Waals surface area contributed by atoms with Crippen molar-refractivity contribution in [3.63, 3.8) is 0 Å². The van der Waals surface area contributed by atoms with Crippen molar-refractivity contribution in [2.45, 2.75) is 45.7 Å². The number of likely N-dealkylation sites (tertiary alicyclic amines) is 1. The highest BCUT2D eigenvalue weighted by molar-refractivity contribution is 5.80. The summed E-state index contributed by atoms with van der Waals surface area (Å²) in [6.07, 6.45) is 0.613. The first-order chi connectivity index (χ1) is 5.91. The van der Waals surface area contributed by atoms with Crippen LogP contribution < -0.4 is 5.73 Å². The number of carbonyl (C=O) groups is 1. The average Bonchev–Trinajstić information content (AvgIpc) is 2.20. The van der Waals surface area contributed by atoms with E-state index in [9.17, 15) is 4.79 Å². The van der Waals surface area contributed by atoms with Crippen LogP contribution in [0, 0.1) is 5.92 Å². The molecule has 13 heavy (non-hydrogen) atoms. The average molecular weight is 184 g/mol. The minimum Gasteiger partial charge on any atom is -0.335 e. The maximum atomic E-state index is 11.7. The lowest BCUT2D eigenvalue weighted by Gasteiger charge is -2.38. The summed E-state index contributed by atoms with van der Waals surface area (Å²) in [5.74, 6) is 0.554. The second-order valence-corrected chi connectivity index (χ2v) is 4.65. The summed E-state index contributed by atoms with van der Waals surface area (Å²) in [4.78, 5) is 13.6. The molecule has 0 saturated carbocycles. The highest BCUT2D eigenvalue weighted by atomic mass is 16.2. The van der Waals surface area contributed by atoms with Crippen molar-refractivity contribution in [2.24, 2.45) is 11.7 Å². The molecule has 1 amide bonds. The van der Waals surface area contributed by atoms with E-state index in [1.165, 1.54) is 0 Å². The molecule has 1 rings (SSSR count). The summed E-state index contributed by atoms with van der Waals surface area (Å²) in [7, 11) is 0. The maximum Gasteiger partial charge on any atom is 0.223 e. The van der Waals surface area contributed by atoms with Crippen molar-refractivity contribution < 1.29 is 4.79 Å². The number of hydrogen-bond donors (Lipinski definition) is 1. The Kier molecular flexibility index (Phi) is 2.66. The Morgan fingerprint density at radius 1 is 1.62 bits per heavy atom. The van der Waals surface area contributed by atoms with Gasteiger partial charge in [-0.1, -0.05) is 0 Å². The predicted octanol–water partition coefficient (Wildman–Crippen LogP) is 0.981. The van der Waals surface area contributed by atoms with Gasteiger partial charge in [0.25, 0.3) is 0 Å². The molecule has 0 aromatic carbocycles. The van der Waals surface area contributed by atoms with E-state index in [0.29, 0.717) is 18.9 Å². The van der Waals surface area contributed by atoms with Crippen LogP contribution in [0.5, 0.6) is 0 Å². The fourth-order valence-electron chi connectivity index (χ4n) is 2.40. The minimum atomic E-state index is -0.0694. The van der Waals surface area contributed by atoms with Crippen molar-refractivity contribution in [1.82, 2.24) is 4.90 Å². The van der Waals surface area contributed by atoms with Gasteiger partial charge >= 0.3 is 0 Å². The lowest BCUT2D eigenvalue weighted by molar-refractivity contribution is -0.132. The molecule has 1 atom stereocenters. The molecule has 3 heteroatoms. The Labute approximate surface area is 80.3 Å². The molecule has 1 aliphatic rings. The van der Waals surface area contributed by atoms with Gasteiger partial charge in [-0.3, -0.25) is 4.79 Å². The van der Waals surface area contributed by atoms with Gasteiger partial charge in [-0.2, -0.15) is 0 Å². The smallest absolute Gasteiger partial charge is 0.223 e. The van der Waals surface area contributed by atoms with E-state index in [-0.39, 0.29) is 17.5 Å². The van der Waals surface area contributed by atoms with Crippen LogP contribution in [0.4, 0.5) is 0 Å². The molecule has 76 valence electrons. The fraction of sp³-hybridized carbons (Fsp3) is 0.900. The molecule has 0 aromatic heterocycles. The van der Waals surface area contributed by atoms with E-state index in [1.54, 1.807) is 0 Å². The van der Waals surface area contributed by atoms with Crippen LogP contribution in [0.3, 0.4) is 0 Å². The number of nitrogens with two attached hydrogens (primary N) is 1. The summed E-state index contributed by atoms with van der Waals surface area (Å²) in [6, 6.07) is 0.277. The summed E-state index contributed by atoms with van der Waals surface area (Å²) in [5.41, 5.74) is 5.59. The third-order valence-electron chi connectivity index (χ3n) is 3.11. The van der Waals surface area contributed by atoms with Gasteiger partial charge in [-0.25, -0.2) is 0 Å². The number of carbonyl (C=O) groups excluding carboxylic acids is 1. The summed E-state index contributed by atoms with van der Waals surface area (Å²) in [6.45, 7) is 8.92. The van der Waals surface area contributed by atoms with E-state index in [4.69, 9.17) is 5.73 Å². The topological polar surface area (TPSA) is 46.3 Å². The van der Waals surface area contributed by atoms with Crippen LogP contribution in [0.1, 0.15) is 34.1 Å². The van der Waals surface area contributed by atoms with Crippen LogP contribution in [-0.4, -0.2) is 28.9 Å². The molecule has 1 aliphatic heterocycles. The maximum absolute atomic E-state index is 11.7. The lowest BCUT2D eigenvalue weighted by atomic mass is 9.88. The number of amides is 1. The Bertz CT molecular complexity index is 211. The largest absolute Gasteiger partial charge is 0.335 e. The molecule has 2 N–H and O–H groups in total. The molecule has 1 unspecified atom stereocenters. The van der Waals surface area contributed by atoms with Crippen LogP contribution in [-0.2, 0) is 4.79 Å². The van der Waals surface area contributed by atoms with Crippen molar-refractivity contribution in [3.05, 3.63) is 0 Å². The fourth-order valence-corrected chi connectivity index (χ4v) is 2.40. The van der Waals surface area contributed by atoms with Crippen LogP contribution >= 0.6 is 0 Å². The van der Waals surface area contributed by atoms with Gasteiger partial charge in [0.2, 0.25) is 5.91 Å². The molecule has 0 aromatic rings. The standard InChI is InChI=1S/C10H20N2O/c1-7(2)12-9(13)5-8(6-11)10(12,3)4/h7-8H,5-6,11H2,1-4H3. The predicted molar refractivity (Wildman–Crippen MR) is 53.2 cm³/mol. The summed E-state index contributed by atoms with van der Waals surface area (Å²) in [5, 5.41) is 0. The third kappa shape index (κ3) is 1.57. The van der Waals surface area contributed by atoms with Gasteiger partial charge in [0.15, 0.2) is 0 Å². The first kappa shape index (κ1) is 10.5. The molecule has 0 spiro atoms. The van der Waals surface area contributed by atoms with Crippen molar-refractivity contribution in [1.29, 1.82) is 0 Å². The van der Waals surface area contributed by atoms with Gasteiger partial charge in [-0.15, -0.1) is 0 Å². The highest BCUT2D eigenvalue weighted by Crippen LogP contribution is 2.36. The number of nitrogens with zero attached hydrogens (tertiary/aromatic N) is 1. The van der Waals surface area contributed by atoms with E-state index in [1.807, 2.05) is 4.90 Å². The van der Waals surface area contributed by atoms with Crippen molar-refractivity contribution in [2.75, 3.05) is 6.54 Å². The zero-order valence-corrected chi connectivity index (χ0v) is 9.00. The van der Waals surface area contributed by atoms with Gasteiger partial charge in [-0.05, 0) is 34.2 Å². The lowest BCUT2D eigenvalue weighted by Crippen LogP contribution is -2.49. The molecule has 1 saturated heterocycles. The van der Waals surface area contributed by atoms with Gasteiger partial charge < -0.3 is 10.6 Å². The second kappa shape index (κ2) is 3.29. The molecular weight excluding hydrogens is 164 g/mol. The normalized spacial score (nSPS) is 27.4. The first-order valence-electron chi connectivity index (χ1n) is 4.93. The molecule has 0 bridgehead atoms. The Balaban J connectivity index is 2.91. The van der Waals surface area contributed by atoms with Gasteiger partial charge in [0.05, 0.1) is 0 Å². The number of rotatable bonds is 2. The monoisotopic (exact) mass is 184 g/mol. The van der Waals surface area contributed by atoms with E-state index < -0.39 is 0 Å². The number of hydrogen-bond acceptors (Lipinski definition) is 2. The minimum absolute atomic E-state index is 0.0694. The zero-order chi connectivity index (χ0) is 10.2. The zero-order valence-electron chi connectivity index (χ0n) is 9.00. The first-order valence-corrected chi connectivity index (χ1v) is 4.93. The van der Waals surface area contributed by atoms with Gasteiger partial charge in [0, 0.05) is 23.9 Å². The summed E-state index contributed by atoms with van der Waals surface area (Å²) < 4.78 is 0. The van der Waals surface area contributed by atoms with E-state index in [2.05, 4.69) is 27.7 Å². The van der Waals surface area contributed by atoms with E-state index >= 15 is 0 Å². The molecule has 0 radical (unpaired) electrons. The quantitative estimate of drug-likeness (QED) is 0.695. The molecular formula is C10H20N2O. The third-order valence-corrected chi connectivity index (χ3v) is 3.11. The Morgan fingerprint density at radius 2 is 2.15 bits per heavy atom. The van der Waals surface area contributed by atoms with Crippen molar-refractivity contribution >= 4 is 5.91 Å². The Morgan fingerprint density at radius 3 is 2.38 bits per heavy atom. The van der Waals surface area contributed by atoms with Crippen LogP contribution in [0.2, 0.25) is 0 Å².